The third-order valence-electron chi connectivity index (χ3n) is 3.61. The van der Waals surface area contributed by atoms with Gasteiger partial charge >= 0.3 is 0 Å². The molecule has 80 valence electrons. The van der Waals surface area contributed by atoms with Crippen LogP contribution >= 0.6 is 0 Å². The fourth-order valence-electron chi connectivity index (χ4n) is 2.65. The van der Waals surface area contributed by atoms with E-state index in [0.29, 0.717) is 19.8 Å². The molecule has 0 aromatic rings. The van der Waals surface area contributed by atoms with Gasteiger partial charge in [0.25, 0.3) is 0 Å². The monoisotopic (exact) mass is 199 g/mol. The Bertz CT molecular complexity index is 242. The number of carbonyl (C=O) groups excluding carboxylic acids is 1. The Morgan fingerprint density at radius 1 is 1.29 bits per heavy atom. The summed E-state index contributed by atoms with van der Waals surface area (Å²) >= 11 is 0. The summed E-state index contributed by atoms with van der Waals surface area (Å²) < 4.78 is 11.3. The second kappa shape index (κ2) is 3.21. The van der Waals surface area contributed by atoms with Gasteiger partial charge in [0.15, 0.2) is 5.79 Å². The molecule has 0 aromatic heterocycles. The highest BCUT2D eigenvalue weighted by atomic mass is 16.7. The molecule has 1 amide bonds. The Kier molecular flexibility index (Phi) is 2.27. The van der Waals surface area contributed by atoms with Crippen LogP contribution in [0.15, 0.2) is 0 Å². The molecule has 1 N–H and O–H groups in total. The summed E-state index contributed by atoms with van der Waals surface area (Å²) in [6.45, 7) is 5.71. The maximum Gasteiger partial charge on any atom is 0.231 e. The van der Waals surface area contributed by atoms with Gasteiger partial charge in [0.1, 0.15) is 5.41 Å². The molecular formula is C10H17NO3. The van der Waals surface area contributed by atoms with Crippen molar-refractivity contribution in [2.75, 3.05) is 19.8 Å². The number of nitrogens with one attached hydrogen (secondary N) is 1. The zero-order chi connectivity index (χ0) is 10.2. The van der Waals surface area contributed by atoms with Crippen molar-refractivity contribution in [3.63, 3.8) is 0 Å². The summed E-state index contributed by atoms with van der Waals surface area (Å²) in [5.74, 6) is -0.613. The first-order valence-electron chi connectivity index (χ1n) is 5.27. The zero-order valence-corrected chi connectivity index (χ0v) is 8.76. The van der Waals surface area contributed by atoms with Gasteiger partial charge in [-0.05, 0) is 12.8 Å². The van der Waals surface area contributed by atoms with E-state index in [-0.39, 0.29) is 5.91 Å². The predicted molar refractivity (Wildman–Crippen MR) is 50.7 cm³/mol. The van der Waals surface area contributed by atoms with Crippen LogP contribution in [-0.4, -0.2) is 31.5 Å². The van der Waals surface area contributed by atoms with Crippen LogP contribution in [-0.2, 0) is 14.3 Å². The molecule has 4 heteroatoms. The zero-order valence-electron chi connectivity index (χ0n) is 8.76. The minimum absolute atomic E-state index is 0.0735. The highest BCUT2D eigenvalue weighted by molar-refractivity contribution is 5.86. The van der Waals surface area contributed by atoms with Gasteiger partial charge < -0.3 is 14.8 Å². The van der Waals surface area contributed by atoms with Crippen molar-refractivity contribution >= 4 is 5.91 Å². The van der Waals surface area contributed by atoms with E-state index in [4.69, 9.17) is 9.47 Å². The Hall–Kier alpha value is -0.610. The molecule has 2 fully saturated rings. The summed E-state index contributed by atoms with van der Waals surface area (Å²) in [6, 6.07) is 0. The normalized spacial score (nSPS) is 28.3. The van der Waals surface area contributed by atoms with Crippen LogP contribution in [0.25, 0.3) is 0 Å². The van der Waals surface area contributed by atoms with Crippen molar-refractivity contribution in [1.82, 2.24) is 5.32 Å². The molecule has 2 saturated heterocycles. The Morgan fingerprint density at radius 3 is 2.36 bits per heavy atom. The van der Waals surface area contributed by atoms with E-state index in [9.17, 15) is 4.79 Å². The van der Waals surface area contributed by atoms with E-state index in [1.165, 1.54) is 0 Å². The number of amides is 1. The van der Waals surface area contributed by atoms with E-state index >= 15 is 0 Å². The van der Waals surface area contributed by atoms with Gasteiger partial charge in [-0.15, -0.1) is 0 Å². The van der Waals surface area contributed by atoms with E-state index < -0.39 is 11.2 Å². The molecule has 0 bridgehead atoms. The van der Waals surface area contributed by atoms with E-state index in [1.54, 1.807) is 0 Å². The first kappa shape index (κ1) is 9.93. The van der Waals surface area contributed by atoms with Crippen molar-refractivity contribution in [3.8, 4) is 0 Å². The van der Waals surface area contributed by atoms with Crippen molar-refractivity contribution in [2.45, 2.75) is 32.5 Å². The molecule has 0 atom stereocenters. The molecule has 2 heterocycles. The molecule has 1 spiro atoms. The average Bonchev–Trinajstić information content (AvgIpc) is 2.77. The molecule has 0 radical (unpaired) electrons. The van der Waals surface area contributed by atoms with Gasteiger partial charge in [-0.2, -0.15) is 0 Å². The van der Waals surface area contributed by atoms with Crippen molar-refractivity contribution in [3.05, 3.63) is 0 Å². The highest BCUT2D eigenvalue weighted by Gasteiger charge is 2.62. The van der Waals surface area contributed by atoms with E-state index in [1.807, 2.05) is 13.8 Å². The largest absolute Gasteiger partial charge is 0.350 e. The fourth-order valence-corrected chi connectivity index (χ4v) is 2.65. The second-order valence-corrected chi connectivity index (χ2v) is 3.92. The van der Waals surface area contributed by atoms with Crippen LogP contribution in [0.2, 0.25) is 0 Å². The summed E-state index contributed by atoms with van der Waals surface area (Å²) in [4.78, 5) is 11.8. The van der Waals surface area contributed by atoms with Crippen molar-refractivity contribution < 1.29 is 14.3 Å². The van der Waals surface area contributed by atoms with Crippen LogP contribution in [0.3, 0.4) is 0 Å². The Labute approximate surface area is 84.0 Å². The Balaban J connectivity index is 2.37. The number of hydrogen-bond donors (Lipinski definition) is 1. The van der Waals surface area contributed by atoms with Crippen LogP contribution in [0, 0.1) is 5.41 Å². The first-order chi connectivity index (χ1) is 6.71. The van der Waals surface area contributed by atoms with Gasteiger partial charge in [-0.1, -0.05) is 13.8 Å². The number of carbonyl (C=O) groups is 1. The third-order valence-corrected chi connectivity index (χ3v) is 3.61. The van der Waals surface area contributed by atoms with Crippen molar-refractivity contribution in [2.24, 2.45) is 5.41 Å². The summed E-state index contributed by atoms with van der Waals surface area (Å²) in [6.07, 6.45) is 1.52. The molecule has 2 aliphatic heterocycles. The van der Waals surface area contributed by atoms with Crippen LogP contribution in [0.1, 0.15) is 26.7 Å². The smallest absolute Gasteiger partial charge is 0.231 e. The lowest BCUT2D eigenvalue weighted by Gasteiger charge is -2.37. The number of hydrogen-bond acceptors (Lipinski definition) is 3. The van der Waals surface area contributed by atoms with Gasteiger partial charge in [0.2, 0.25) is 5.91 Å². The van der Waals surface area contributed by atoms with Gasteiger partial charge in [-0.25, -0.2) is 0 Å². The predicted octanol–water partition coefficient (Wildman–Crippen LogP) is 0.666. The topological polar surface area (TPSA) is 47.6 Å². The lowest BCUT2D eigenvalue weighted by Crippen LogP contribution is -2.49. The SMILES string of the molecule is CCC1(CC)C(=O)NCC12OCCO2. The summed E-state index contributed by atoms with van der Waals surface area (Å²) in [5.41, 5.74) is -0.483. The number of rotatable bonds is 2. The molecule has 2 rings (SSSR count). The third kappa shape index (κ3) is 0.982. The van der Waals surface area contributed by atoms with Crippen molar-refractivity contribution in [1.29, 1.82) is 0 Å². The molecule has 0 saturated carbocycles. The molecule has 2 aliphatic rings. The lowest BCUT2D eigenvalue weighted by atomic mass is 9.76. The van der Waals surface area contributed by atoms with Crippen LogP contribution in [0.5, 0.6) is 0 Å². The highest BCUT2D eigenvalue weighted by Crippen LogP contribution is 2.47. The van der Waals surface area contributed by atoms with E-state index in [2.05, 4.69) is 5.32 Å². The molecule has 4 nitrogen and oxygen atoms in total. The minimum Gasteiger partial charge on any atom is -0.350 e. The van der Waals surface area contributed by atoms with Gasteiger partial charge in [-0.3, -0.25) is 4.79 Å². The molecule has 0 unspecified atom stereocenters. The molecule has 14 heavy (non-hydrogen) atoms. The number of ether oxygens (including phenoxy) is 2. The molecule has 0 aliphatic carbocycles. The second-order valence-electron chi connectivity index (χ2n) is 3.92. The average molecular weight is 199 g/mol. The van der Waals surface area contributed by atoms with Crippen LogP contribution < -0.4 is 5.32 Å². The molecular weight excluding hydrogens is 182 g/mol. The summed E-state index contributed by atoms with van der Waals surface area (Å²) in [7, 11) is 0. The van der Waals surface area contributed by atoms with Gasteiger partial charge in [0, 0.05) is 0 Å². The molecule has 0 aromatic carbocycles. The maximum atomic E-state index is 11.8. The first-order valence-corrected chi connectivity index (χ1v) is 5.27. The van der Waals surface area contributed by atoms with Gasteiger partial charge in [0.05, 0.1) is 19.8 Å². The lowest BCUT2D eigenvalue weighted by molar-refractivity contribution is -0.212. The standard InChI is InChI=1S/C10H17NO3/c1-3-9(4-2)8(12)11-7-10(9)13-5-6-14-10/h3-7H2,1-2H3,(H,11,12). The maximum absolute atomic E-state index is 11.8. The van der Waals surface area contributed by atoms with Crippen LogP contribution in [0.4, 0.5) is 0 Å². The minimum atomic E-state index is -0.687. The van der Waals surface area contributed by atoms with E-state index in [0.717, 1.165) is 12.8 Å². The summed E-state index contributed by atoms with van der Waals surface area (Å²) in [5, 5.41) is 2.86. The Morgan fingerprint density at radius 2 is 1.86 bits per heavy atom. The fraction of sp³-hybridized carbons (Fsp3) is 0.900. The quantitative estimate of drug-likeness (QED) is 0.711.